The predicted molar refractivity (Wildman–Crippen MR) is 60.8 cm³/mol. The van der Waals surface area contributed by atoms with E-state index in [4.69, 9.17) is 0 Å². The molecule has 0 saturated heterocycles. The van der Waals surface area contributed by atoms with Gasteiger partial charge in [0.2, 0.25) is 0 Å². The molecule has 2 heteroatoms. The van der Waals surface area contributed by atoms with Crippen LogP contribution in [0.1, 0.15) is 11.1 Å². The Balaban J connectivity index is 2.59. The van der Waals surface area contributed by atoms with Crippen molar-refractivity contribution in [3.05, 3.63) is 47.7 Å². The van der Waals surface area contributed by atoms with E-state index in [0.717, 1.165) is 22.4 Å². The van der Waals surface area contributed by atoms with E-state index in [0.29, 0.717) is 5.75 Å². The molecule has 0 aliphatic carbocycles. The second-order valence-electron chi connectivity index (χ2n) is 3.67. The number of hydrogen-bond donors (Lipinski definition) is 1. The lowest BCUT2D eigenvalue weighted by Gasteiger charge is -2.07. The van der Waals surface area contributed by atoms with Crippen LogP contribution in [0.15, 0.2) is 36.5 Å². The van der Waals surface area contributed by atoms with Crippen molar-refractivity contribution in [2.24, 2.45) is 0 Å². The number of aryl methyl sites for hydroxylation is 2. The molecule has 76 valence electrons. The quantitative estimate of drug-likeness (QED) is 0.765. The molecule has 0 unspecified atom stereocenters. The standard InChI is InChI=1S/C13H13NO/c1-9-8-13(15)10(2)7-11(9)12-5-3-4-6-14-12/h3-8,15H,1-2H3. The highest BCUT2D eigenvalue weighted by Gasteiger charge is 2.05. The Morgan fingerprint density at radius 2 is 1.87 bits per heavy atom. The minimum atomic E-state index is 0.340. The van der Waals surface area contributed by atoms with E-state index in [9.17, 15) is 5.11 Å². The molecule has 1 aromatic heterocycles. The number of phenolic OH excluding ortho intramolecular Hbond substituents is 1. The first kappa shape index (κ1) is 9.71. The molecular weight excluding hydrogens is 186 g/mol. The van der Waals surface area contributed by atoms with Gasteiger partial charge in [-0.05, 0) is 49.2 Å². The average molecular weight is 199 g/mol. The number of rotatable bonds is 1. The molecule has 0 fully saturated rings. The number of pyridine rings is 1. The van der Waals surface area contributed by atoms with E-state index < -0.39 is 0 Å². The molecule has 0 aliphatic heterocycles. The lowest BCUT2D eigenvalue weighted by atomic mass is 10.0. The largest absolute Gasteiger partial charge is 0.508 e. The summed E-state index contributed by atoms with van der Waals surface area (Å²) in [6.45, 7) is 3.87. The van der Waals surface area contributed by atoms with Crippen molar-refractivity contribution in [2.75, 3.05) is 0 Å². The lowest BCUT2D eigenvalue weighted by molar-refractivity contribution is 0.471. The maximum Gasteiger partial charge on any atom is 0.118 e. The topological polar surface area (TPSA) is 33.1 Å². The van der Waals surface area contributed by atoms with Crippen LogP contribution in [-0.4, -0.2) is 10.1 Å². The summed E-state index contributed by atoms with van der Waals surface area (Å²) >= 11 is 0. The van der Waals surface area contributed by atoms with Gasteiger partial charge in [0, 0.05) is 11.8 Å². The van der Waals surface area contributed by atoms with Gasteiger partial charge in [0.15, 0.2) is 0 Å². The molecule has 0 aliphatic rings. The second kappa shape index (κ2) is 3.73. The maximum absolute atomic E-state index is 9.55. The molecule has 2 aromatic rings. The van der Waals surface area contributed by atoms with Crippen molar-refractivity contribution in [1.29, 1.82) is 0 Å². The van der Waals surface area contributed by atoms with E-state index in [2.05, 4.69) is 4.98 Å². The fraction of sp³-hybridized carbons (Fsp3) is 0.154. The lowest BCUT2D eigenvalue weighted by Crippen LogP contribution is -1.88. The second-order valence-corrected chi connectivity index (χ2v) is 3.67. The average Bonchev–Trinajstić information content (AvgIpc) is 2.25. The third-order valence-electron chi connectivity index (χ3n) is 2.48. The summed E-state index contributed by atoms with van der Waals surface area (Å²) < 4.78 is 0. The number of hydrogen-bond acceptors (Lipinski definition) is 2. The fourth-order valence-electron chi connectivity index (χ4n) is 1.60. The fourth-order valence-corrected chi connectivity index (χ4v) is 1.60. The zero-order valence-corrected chi connectivity index (χ0v) is 8.86. The molecule has 1 heterocycles. The van der Waals surface area contributed by atoms with E-state index in [1.807, 2.05) is 38.1 Å². The van der Waals surface area contributed by atoms with Crippen molar-refractivity contribution in [3.8, 4) is 17.0 Å². The Morgan fingerprint density at radius 3 is 2.53 bits per heavy atom. The van der Waals surface area contributed by atoms with Gasteiger partial charge < -0.3 is 5.11 Å². The highest BCUT2D eigenvalue weighted by molar-refractivity contribution is 5.66. The Morgan fingerprint density at radius 1 is 1.07 bits per heavy atom. The predicted octanol–water partition coefficient (Wildman–Crippen LogP) is 3.07. The first-order chi connectivity index (χ1) is 7.18. The summed E-state index contributed by atoms with van der Waals surface area (Å²) in [5.41, 5.74) is 3.93. The molecule has 1 aromatic carbocycles. The van der Waals surface area contributed by atoms with Gasteiger partial charge in [-0.1, -0.05) is 6.07 Å². The number of nitrogens with zero attached hydrogens (tertiary/aromatic N) is 1. The van der Waals surface area contributed by atoms with Gasteiger partial charge in [-0.15, -0.1) is 0 Å². The number of phenols is 1. The normalized spacial score (nSPS) is 10.3. The van der Waals surface area contributed by atoms with Crippen LogP contribution >= 0.6 is 0 Å². The SMILES string of the molecule is Cc1cc(-c2ccccn2)c(C)cc1O. The summed E-state index contributed by atoms with van der Waals surface area (Å²) in [4.78, 5) is 4.30. The van der Waals surface area contributed by atoms with E-state index in [1.165, 1.54) is 0 Å². The third kappa shape index (κ3) is 1.84. The summed E-state index contributed by atoms with van der Waals surface area (Å²) in [5.74, 6) is 0.340. The molecule has 2 rings (SSSR count). The van der Waals surface area contributed by atoms with Crippen LogP contribution in [0.2, 0.25) is 0 Å². The van der Waals surface area contributed by atoms with Crippen LogP contribution in [0.25, 0.3) is 11.3 Å². The van der Waals surface area contributed by atoms with Crippen molar-refractivity contribution < 1.29 is 5.11 Å². The molecule has 2 nitrogen and oxygen atoms in total. The summed E-state index contributed by atoms with van der Waals surface area (Å²) in [7, 11) is 0. The van der Waals surface area contributed by atoms with Crippen LogP contribution < -0.4 is 0 Å². The zero-order valence-electron chi connectivity index (χ0n) is 8.86. The van der Waals surface area contributed by atoms with Gasteiger partial charge in [-0.25, -0.2) is 0 Å². The minimum absolute atomic E-state index is 0.340. The van der Waals surface area contributed by atoms with E-state index in [1.54, 1.807) is 12.3 Å². The molecule has 0 saturated carbocycles. The van der Waals surface area contributed by atoms with Crippen LogP contribution in [0, 0.1) is 13.8 Å². The van der Waals surface area contributed by atoms with Gasteiger partial charge in [-0.3, -0.25) is 4.98 Å². The highest BCUT2D eigenvalue weighted by atomic mass is 16.3. The van der Waals surface area contributed by atoms with Gasteiger partial charge in [0.1, 0.15) is 5.75 Å². The van der Waals surface area contributed by atoms with Crippen LogP contribution in [0.4, 0.5) is 0 Å². The Kier molecular flexibility index (Phi) is 2.42. The molecule has 15 heavy (non-hydrogen) atoms. The molecular formula is C13H13NO. The zero-order chi connectivity index (χ0) is 10.8. The van der Waals surface area contributed by atoms with Crippen LogP contribution in [0.5, 0.6) is 5.75 Å². The van der Waals surface area contributed by atoms with Gasteiger partial charge in [-0.2, -0.15) is 0 Å². The van der Waals surface area contributed by atoms with Crippen molar-refractivity contribution in [3.63, 3.8) is 0 Å². The highest BCUT2D eigenvalue weighted by Crippen LogP contribution is 2.27. The van der Waals surface area contributed by atoms with E-state index in [-0.39, 0.29) is 0 Å². The summed E-state index contributed by atoms with van der Waals surface area (Å²) in [5, 5.41) is 9.55. The molecule has 0 radical (unpaired) electrons. The monoisotopic (exact) mass is 199 g/mol. The first-order valence-electron chi connectivity index (χ1n) is 4.90. The molecule has 0 atom stereocenters. The van der Waals surface area contributed by atoms with Crippen LogP contribution in [0.3, 0.4) is 0 Å². The minimum Gasteiger partial charge on any atom is -0.508 e. The Bertz CT molecular complexity index is 477. The van der Waals surface area contributed by atoms with Crippen molar-refractivity contribution in [2.45, 2.75) is 13.8 Å². The van der Waals surface area contributed by atoms with E-state index >= 15 is 0 Å². The molecule has 1 N–H and O–H groups in total. The summed E-state index contributed by atoms with van der Waals surface area (Å²) in [6, 6.07) is 9.57. The summed E-state index contributed by atoms with van der Waals surface area (Å²) in [6.07, 6.45) is 1.77. The maximum atomic E-state index is 9.55. The Labute approximate surface area is 89.2 Å². The van der Waals surface area contributed by atoms with Gasteiger partial charge >= 0.3 is 0 Å². The molecule has 0 spiro atoms. The van der Waals surface area contributed by atoms with Crippen molar-refractivity contribution >= 4 is 0 Å². The Hall–Kier alpha value is -1.83. The van der Waals surface area contributed by atoms with Gasteiger partial charge in [0.05, 0.1) is 5.69 Å². The van der Waals surface area contributed by atoms with Crippen molar-refractivity contribution in [1.82, 2.24) is 4.98 Å². The molecule has 0 bridgehead atoms. The van der Waals surface area contributed by atoms with Crippen LogP contribution in [-0.2, 0) is 0 Å². The third-order valence-corrected chi connectivity index (χ3v) is 2.48. The smallest absolute Gasteiger partial charge is 0.118 e. The number of aromatic nitrogens is 1. The molecule has 0 amide bonds. The van der Waals surface area contributed by atoms with Gasteiger partial charge in [0.25, 0.3) is 0 Å². The number of benzene rings is 1. The number of aromatic hydroxyl groups is 1. The first-order valence-corrected chi connectivity index (χ1v) is 4.90.